The minimum atomic E-state index is 0.390. The fraction of sp³-hybridized carbons (Fsp3) is 0.385. The third-order valence-corrected chi connectivity index (χ3v) is 2.79. The molecule has 0 saturated heterocycles. The van der Waals surface area contributed by atoms with Gasteiger partial charge in [-0.1, -0.05) is 17.7 Å². The molecule has 0 heterocycles. The smallest absolute Gasteiger partial charge is 0.115 e. The van der Waals surface area contributed by atoms with Crippen LogP contribution in [-0.4, -0.2) is 5.11 Å². The lowest BCUT2D eigenvalue weighted by molar-refractivity contribution is 0.474. The van der Waals surface area contributed by atoms with E-state index in [1.54, 1.807) is 6.07 Å². The van der Waals surface area contributed by atoms with Crippen molar-refractivity contribution in [1.29, 1.82) is 0 Å². The number of rotatable bonds is 1. The monoisotopic (exact) mass is 188 g/mol. The fourth-order valence-electron chi connectivity index (χ4n) is 2.21. The Balaban J connectivity index is 2.36. The van der Waals surface area contributed by atoms with Crippen LogP contribution in [-0.2, 0) is 6.42 Å². The van der Waals surface area contributed by atoms with Crippen molar-refractivity contribution in [2.45, 2.75) is 32.6 Å². The fourth-order valence-corrected chi connectivity index (χ4v) is 2.21. The maximum absolute atomic E-state index is 9.35. The topological polar surface area (TPSA) is 20.2 Å². The summed E-state index contributed by atoms with van der Waals surface area (Å²) in [6.07, 6.45) is 4.60. The van der Waals surface area contributed by atoms with Crippen molar-refractivity contribution in [1.82, 2.24) is 0 Å². The first-order valence-electron chi connectivity index (χ1n) is 5.13. The Labute approximate surface area is 85.1 Å². The summed E-state index contributed by atoms with van der Waals surface area (Å²) in [6, 6.07) is 5.74. The second-order valence-electron chi connectivity index (χ2n) is 4.27. The number of aromatic hydroxyl groups is 1. The third kappa shape index (κ3) is 1.67. The molecule has 1 aliphatic carbocycles. The number of phenolic OH excluding ortho intramolecular Hbond substituents is 1. The summed E-state index contributed by atoms with van der Waals surface area (Å²) in [7, 11) is 0. The molecule has 0 aliphatic heterocycles. The van der Waals surface area contributed by atoms with Crippen LogP contribution < -0.4 is 0 Å². The average Bonchev–Trinajstić information content (AvgIpc) is 2.47. The van der Waals surface area contributed by atoms with Gasteiger partial charge in [-0.05, 0) is 49.9 Å². The van der Waals surface area contributed by atoms with Gasteiger partial charge in [-0.15, -0.1) is 0 Å². The zero-order valence-corrected chi connectivity index (χ0v) is 8.75. The van der Waals surface area contributed by atoms with Gasteiger partial charge in [-0.3, -0.25) is 0 Å². The van der Waals surface area contributed by atoms with Crippen molar-refractivity contribution in [2.24, 2.45) is 0 Å². The molecular weight excluding hydrogens is 172 g/mol. The number of hydrogen-bond acceptors (Lipinski definition) is 1. The molecule has 1 unspecified atom stereocenters. The van der Waals surface area contributed by atoms with Crippen molar-refractivity contribution in [3.63, 3.8) is 0 Å². The zero-order chi connectivity index (χ0) is 10.1. The molecule has 2 rings (SSSR count). The predicted molar refractivity (Wildman–Crippen MR) is 58.6 cm³/mol. The van der Waals surface area contributed by atoms with Crippen LogP contribution in [0.3, 0.4) is 0 Å². The van der Waals surface area contributed by atoms with E-state index in [1.165, 1.54) is 23.1 Å². The van der Waals surface area contributed by atoms with Gasteiger partial charge in [0, 0.05) is 5.92 Å². The van der Waals surface area contributed by atoms with Crippen molar-refractivity contribution < 1.29 is 5.11 Å². The molecule has 0 aromatic heterocycles. The van der Waals surface area contributed by atoms with Crippen LogP contribution in [0.2, 0.25) is 0 Å². The molecule has 1 aromatic rings. The second-order valence-corrected chi connectivity index (χ2v) is 4.27. The lowest BCUT2D eigenvalue weighted by Crippen LogP contribution is -1.88. The first kappa shape index (κ1) is 9.32. The molecule has 1 atom stereocenters. The van der Waals surface area contributed by atoms with Gasteiger partial charge in [0.25, 0.3) is 0 Å². The van der Waals surface area contributed by atoms with E-state index in [0.29, 0.717) is 11.7 Å². The quantitative estimate of drug-likeness (QED) is 0.670. The number of benzene rings is 1. The lowest BCUT2D eigenvalue weighted by Gasteiger charge is -2.06. The van der Waals surface area contributed by atoms with Crippen LogP contribution in [0.5, 0.6) is 5.75 Å². The highest BCUT2D eigenvalue weighted by atomic mass is 16.3. The van der Waals surface area contributed by atoms with E-state index in [9.17, 15) is 5.11 Å². The van der Waals surface area contributed by atoms with Crippen LogP contribution in [0.1, 0.15) is 37.3 Å². The largest absolute Gasteiger partial charge is 0.508 e. The Bertz CT molecular complexity index is 373. The minimum Gasteiger partial charge on any atom is -0.508 e. The number of fused-ring (bicyclic) bond motifs is 1. The maximum atomic E-state index is 9.35. The second kappa shape index (κ2) is 3.49. The molecule has 0 radical (unpaired) electrons. The molecule has 0 saturated carbocycles. The molecule has 0 spiro atoms. The van der Waals surface area contributed by atoms with Crippen molar-refractivity contribution in [2.75, 3.05) is 0 Å². The van der Waals surface area contributed by atoms with Gasteiger partial charge in [0.2, 0.25) is 0 Å². The number of aryl methyl sites for hydroxylation is 1. The van der Waals surface area contributed by atoms with E-state index in [0.717, 1.165) is 6.42 Å². The molecule has 0 fully saturated rings. The SMILES string of the molecule is CC(C)=CC1CCc2cc(O)ccc21. The highest BCUT2D eigenvalue weighted by Crippen LogP contribution is 2.36. The van der Waals surface area contributed by atoms with Gasteiger partial charge in [-0.25, -0.2) is 0 Å². The summed E-state index contributed by atoms with van der Waals surface area (Å²) in [6.45, 7) is 4.27. The van der Waals surface area contributed by atoms with Crippen LogP contribution in [0.4, 0.5) is 0 Å². The number of phenols is 1. The Kier molecular flexibility index (Phi) is 2.32. The standard InChI is InChI=1S/C13H16O/c1-9(2)7-10-3-4-11-8-12(14)5-6-13(10)11/h5-8,10,14H,3-4H2,1-2H3. The molecule has 1 N–H and O–H groups in total. The van der Waals surface area contributed by atoms with Gasteiger partial charge in [0.05, 0.1) is 0 Å². The molecule has 74 valence electrons. The summed E-state index contributed by atoms with van der Waals surface area (Å²) in [4.78, 5) is 0. The molecule has 14 heavy (non-hydrogen) atoms. The van der Waals surface area contributed by atoms with Gasteiger partial charge in [0.15, 0.2) is 0 Å². The van der Waals surface area contributed by atoms with E-state index < -0.39 is 0 Å². The molecule has 0 bridgehead atoms. The molecular formula is C13H16O. The van der Waals surface area contributed by atoms with Gasteiger partial charge in [0.1, 0.15) is 5.75 Å². The normalized spacial score (nSPS) is 19.1. The molecule has 1 aliphatic rings. The number of allylic oxidation sites excluding steroid dienone is 2. The highest BCUT2D eigenvalue weighted by molar-refractivity contribution is 5.42. The van der Waals surface area contributed by atoms with Crippen LogP contribution in [0.15, 0.2) is 29.8 Å². The van der Waals surface area contributed by atoms with Gasteiger partial charge in [-0.2, -0.15) is 0 Å². The third-order valence-electron chi connectivity index (χ3n) is 2.79. The van der Waals surface area contributed by atoms with E-state index in [2.05, 4.69) is 26.0 Å². The lowest BCUT2D eigenvalue weighted by atomic mass is 9.99. The van der Waals surface area contributed by atoms with Gasteiger partial charge < -0.3 is 5.11 Å². The molecule has 1 aromatic carbocycles. The van der Waals surface area contributed by atoms with E-state index in [1.807, 2.05) is 6.07 Å². The van der Waals surface area contributed by atoms with E-state index in [4.69, 9.17) is 0 Å². The van der Waals surface area contributed by atoms with Crippen molar-refractivity contribution in [3.05, 3.63) is 41.0 Å². The number of hydrogen-bond donors (Lipinski definition) is 1. The Morgan fingerprint density at radius 3 is 2.93 bits per heavy atom. The Hall–Kier alpha value is -1.24. The zero-order valence-electron chi connectivity index (χ0n) is 8.75. The van der Waals surface area contributed by atoms with Crippen LogP contribution in [0.25, 0.3) is 0 Å². The van der Waals surface area contributed by atoms with Crippen LogP contribution >= 0.6 is 0 Å². The Morgan fingerprint density at radius 1 is 1.43 bits per heavy atom. The van der Waals surface area contributed by atoms with Crippen molar-refractivity contribution >= 4 is 0 Å². The van der Waals surface area contributed by atoms with Crippen molar-refractivity contribution in [3.8, 4) is 5.75 Å². The maximum Gasteiger partial charge on any atom is 0.115 e. The molecule has 1 nitrogen and oxygen atoms in total. The highest BCUT2D eigenvalue weighted by Gasteiger charge is 2.20. The van der Waals surface area contributed by atoms with Crippen LogP contribution in [0, 0.1) is 0 Å². The predicted octanol–water partition coefficient (Wildman–Crippen LogP) is 3.39. The molecule has 0 amide bonds. The first-order chi connectivity index (χ1) is 6.66. The summed E-state index contributed by atoms with van der Waals surface area (Å²) in [5, 5.41) is 9.35. The first-order valence-corrected chi connectivity index (χ1v) is 5.13. The summed E-state index contributed by atoms with van der Waals surface area (Å²) in [5.41, 5.74) is 4.08. The summed E-state index contributed by atoms with van der Waals surface area (Å²) >= 11 is 0. The van der Waals surface area contributed by atoms with E-state index in [-0.39, 0.29) is 0 Å². The average molecular weight is 188 g/mol. The summed E-state index contributed by atoms with van der Waals surface area (Å²) in [5.74, 6) is 0.956. The van der Waals surface area contributed by atoms with Gasteiger partial charge >= 0.3 is 0 Å². The minimum absolute atomic E-state index is 0.390. The Morgan fingerprint density at radius 2 is 2.21 bits per heavy atom. The summed E-state index contributed by atoms with van der Waals surface area (Å²) < 4.78 is 0. The van der Waals surface area contributed by atoms with E-state index >= 15 is 0 Å². The molecule has 1 heteroatoms.